The van der Waals surface area contributed by atoms with Crippen LogP contribution in [0.1, 0.15) is 24.9 Å². The summed E-state index contributed by atoms with van der Waals surface area (Å²) >= 11 is 0. The molecule has 4 nitrogen and oxygen atoms in total. The Hall–Kier alpha value is -2.47. The minimum absolute atomic E-state index is 0.0423. The predicted molar refractivity (Wildman–Crippen MR) is 99.3 cm³/mol. The summed E-state index contributed by atoms with van der Waals surface area (Å²) < 4.78 is 26.7. The normalized spacial score (nSPS) is 17.4. The number of imidazole rings is 1. The highest BCUT2D eigenvalue weighted by Gasteiger charge is 2.22. The van der Waals surface area contributed by atoms with Crippen molar-refractivity contribution in [3.63, 3.8) is 0 Å². The fourth-order valence-corrected chi connectivity index (χ4v) is 3.61. The zero-order valence-electron chi connectivity index (χ0n) is 14.8. The number of fused-ring (bicyclic) bond motifs is 1. The van der Waals surface area contributed by atoms with Gasteiger partial charge in [0.05, 0.1) is 11.0 Å². The van der Waals surface area contributed by atoms with E-state index < -0.39 is 11.6 Å². The predicted octanol–water partition coefficient (Wildman–Crippen LogP) is 4.11. The van der Waals surface area contributed by atoms with E-state index in [1.54, 1.807) is 6.07 Å². The lowest BCUT2D eigenvalue weighted by molar-refractivity contribution is 0.225. The Morgan fingerprint density at radius 1 is 1.00 bits per heavy atom. The molecule has 6 heteroatoms. The van der Waals surface area contributed by atoms with Gasteiger partial charge in [-0.05, 0) is 43.2 Å². The molecule has 3 aromatic rings. The number of aromatic nitrogens is 2. The minimum atomic E-state index is -0.798. The molecule has 2 aromatic carbocycles. The first-order valence-electron chi connectivity index (χ1n) is 9.00. The Bertz CT molecular complexity index is 875. The molecule has 0 aliphatic carbocycles. The third-order valence-electron chi connectivity index (χ3n) is 5.18. The van der Waals surface area contributed by atoms with Gasteiger partial charge in [0.15, 0.2) is 11.6 Å². The van der Waals surface area contributed by atoms with Gasteiger partial charge in [0, 0.05) is 32.2 Å². The minimum Gasteiger partial charge on any atom is -0.341 e. The molecule has 1 saturated heterocycles. The molecule has 0 radical (unpaired) electrons. The Kier molecular flexibility index (Phi) is 4.59. The van der Waals surface area contributed by atoms with Crippen molar-refractivity contribution >= 4 is 17.0 Å². The smallest absolute Gasteiger partial charge is 0.203 e. The molecular formula is C20H22F2N4. The molecule has 1 aliphatic heterocycles. The fourth-order valence-electron chi connectivity index (χ4n) is 3.61. The van der Waals surface area contributed by atoms with Crippen LogP contribution in [0.2, 0.25) is 0 Å². The van der Waals surface area contributed by atoms with Crippen molar-refractivity contribution in [3.8, 4) is 0 Å². The number of halogens is 2. The highest BCUT2D eigenvalue weighted by molar-refractivity contribution is 5.77. The van der Waals surface area contributed by atoms with Crippen LogP contribution >= 0.6 is 0 Å². The lowest BCUT2D eigenvalue weighted by atomic mass is 10.1. The van der Waals surface area contributed by atoms with E-state index in [2.05, 4.69) is 19.8 Å². The molecule has 0 bridgehead atoms. The molecule has 1 N–H and O–H groups in total. The SMILES string of the molecule is CC(c1ccc(F)c(F)c1)N1CCCN(c2nc3ccccc3[nH]2)CC1. The number of nitrogens with one attached hydrogen (secondary N) is 1. The van der Waals surface area contributed by atoms with Gasteiger partial charge in [-0.25, -0.2) is 13.8 Å². The molecule has 0 amide bonds. The van der Waals surface area contributed by atoms with Crippen LogP contribution in [0.5, 0.6) is 0 Å². The standard InChI is InChI=1S/C20H22F2N4/c1-14(15-7-8-16(21)17(22)13-15)25-9-4-10-26(12-11-25)20-23-18-5-2-3-6-19(18)24-20/h2-3,5-8,13-14H,4,9-12H2,1H3,(H,23,24). The molecule has 1 aromatic heterocycles. The van der Waals surface area contributed by atoms with Crippen molar-refractivity contribution in [1.29, 1.82) is 0 Å². The number of hydrogen-bond acceptors (Lipinski definition) is 3. The van der Waals surface area contributed by atoms with Crippen LogP contribution in [0.3, 0.4) is 0 Å². The largest absolute Gasteiger partial charge is 0.341 e. The first-order chi connectivity index (χ1) is 12.6. The molecule has 136 valence electrons. The summed E-state index contributed by atoms with van der Waals surface area (Å²) in [6.07, 6.45) is 0.991. The Morgan fingerprint density at radius 3 is 2.65 bits per heavy atom. The molecule has 1 atom stereocenters. The first kappa shape index (κ1) is 17.0. The topological polar surface area (TPSA) is 35.2 Å². The van der Waals surface area contributed by atoms with Gasteiger partial charge < -0.3 is 9.88 Å². The van der Waals surface area contributed by atoms with E-state index in [0.29, 0.717) is 0 Å². The van der Waals surface area contributed by atoms with E-state index in [1.807, 2.05) is 31.2 Å². The molecule has 1 fully saturated rings. The van der Waals surface area contributed by atoms with Gasteiger partial charge in [0.25, 0.3) is 0 Å². The summed E-state index contributed by atoms with van der Waals surface area (Å²) in [6, 6.07) is 12.2. The van der Waals surface area contributed by atoms with Gasteiger partial charge in [-0.15, -0.1) is 0 Å². The highest BCUT2D eigenvalue weighted by atomic mass is 19.2. The van der Waals surface area contributed by atoms with Crippen molar-refractivity contribution in [1.82, 2.24) is 14.9 Å². The second-order valence-electron chi connectivity index (χ2n) is 6.80. The van der Waals surface area contributed by atoms with E-state index in [4.69, 9.17) is 0 Å². The monoisotopic (exact) mass is 356 g/mol. The summed E-state index contributed by atoms with van der Waals surface area (Å²) in [5.74, 6) is -0.686. The summed E-state index contributed by atoms with van der Waals surface area (Å²) in [6.45, 7) is 5.56. The second kappa shape index (κ2) is 7.03. The molecule has 1 unspecified atom stereocenters. The molecule has 0 saturated carbocycles. The van der Waals surface area contributed by atoms with Crippen LogP contribution in [-0.2, 0) is 0 Å². The van der Waals surface area contributed by atoms with Gasteiger partial charge >= 0.3 is 0 Å². The molecule has 0 spiro atoms. The van der Waals surface area contributed by atoms with Crippen molar-refractivity contribution in [2.24, 2.45) is 0 Å². The maximum absolute atomic E-state index is 13.6. The number of para-hydroxylation sites is 2. The number of aromatic amines is 1. The third-order valence-corrected chi connectivity index (χ3v) is 5.18. The van der Waals surface area contributed by atoms with Crippen LogP contribution in [-0.4, -0.2) is 41.0 Å². The number of rotatable bonds is 3. The van der Waals surface area contributed by atoms with E-state index >= 15 is 0 Å². The summed E-state index contributed by atoms with van der Waals surface area (Å²) in [7, 11) is 0. The second-order valence-corrected chi connectivity index (χ2v) is 6.80. The Balaban J connectivity index is 1.48. The van der Waals surface area contributed by atoms with Gasteiger partial charge in [-0.1, -0.05) is 18.2 Å². The Labute approximate surface area is 151 Å². The van der Waals surface area contributed by atoms with Crippen LogP contribution in [0, 0.1) is 11.6 Å². The average molecular weight is 356 g/mol. The molecular weight excluding hydrogens is 334 g/mol. The van der Waals surface area contributed by atoms with Crippen LogP contribution < -0.4 is 4.90 Å². The van der Waals surface area contributed by atoms with Gasteiger partial charge in [0.2, 0.25) is 5.95 Å². The number of H-pyrrole nitrogens is 1. The maximum Gasteiger partial charge on any atom is 0.203 e. The van der Waals surface area contributed by atoms with Crippen molar-refractivity contribution in [2.75, 3.05) is 31.1 Å². The molecule has 2 heterocycles. The average Bonchev–Trinajstić information content (AvgIpc) is 2.93. The number of benzene rings is 2. The first-order valence-corrected chi connectivity index (χ1v) is 9.00. The van der Waals surface area contributed by atoms with Crippen LogP contribution in [0.15, 0.2) is 42.5 Å². The quantitative estimate of drug-likeness (QED) is 0.767. The fraction of sp³-hybridized carbons (Fsp3) is 0.350. The van der Waals surface area contributed by atoms with E-state index in [1.165, 1.54) is 12.1 Å². The molecule has 4 rings (SSSR count). The lowest BCUT2D eigenvalue weighted by Gasteiger charge is -2.28. The van der Waals surface area contributed by atoms with Gasteiger partial charge in [-0.2, -0.15) is 0 Å². The summed E-state index contributed by atoms with van der Waals surface area (Å²) in [5, 5.41) is 0. The van der Waals surface area contributed by atoms with Crippen LogP contribution in [0.25, 0.3) is 11.0 Å². The number of nitrogens with zero attached hydrogens (tertiary/aromatic N) is 3. The summed E-state index contributed by atoms with van der Waals surface area (Å²) in [5.41, 5.74) is 2.82. The zero-order chi connectivity index (χ0) is 18.1. The van der Waals surface area contributed by atoms with E-state index in [-0.39, 0.29) is 6.04 Å². The van der Waals surface area contributed by atoms with Gasteiger partial charge in [0.1, 0.15) is 0 Å². The number of anilines is 1. The van der Waals surface area contributed by atoms with Crippen LogP contribution in [0.4, 0.5) is 14.7 Å². The highest BCUT2D eigenvalue weighted by Crippen LogP contribution is 2.25. The van der Waals surface area contributed by atoms with Crippen molar-refractivity contribution in [3.05, 3.63) is 59.7 Å². The zero-order valence-corrected chi connectivity index (χ0v) is 14.8. The third kappa shape index (κ3) is 3.29. The van der Waals surface area contributed by atoms with Gasteiger partial charge in [-0.3, -0.25) is 4.90 Å². The van der Waals surface area contributed by atoms with Crippen molar-refractivity contribution in [2.45, 2.75) is 19.4 Å². The molecule has 26 heavy (non-hydrogen) atoms. The summed E-state index contributed by atoms with van der Waals surface area (Å²) in [4.78, 5) is 12.7. The lowest BCUT2D eigenvalue weighted by Crippen LogP contribution is -2.33. The number of hydrogen-bond donors (Lipinski definition) is 1. The van der Waals surface area contributed by atoms with Crippen molar-refractivity contribution < 1.29 is 8.78 Å². The molecule has 1 aliphatic rings. The Morgan fingerprint density at radius 2 is 1.85 bits per heavy atom. The van der Waals surface area contributed by atoms with E-state index in [0.717, 1.165) is 55.1 Å². The van der Waals surface area contributed by atoms with E-state index in [9.17, 15) is 8.78 Å². The maximum atomic E-state index is 13.6.